The lowest BCUT2D eigenvalue weighted by Gasteiger charge is -1.98. The lowest BCUT2D eigenvalue weighted by atomic mass is 10.2. The van der Waals surface area contributed by atoms with E-state index in [-0.39, 0.29) is 5.97 Å². The largest absolute Gasteiger partial charge is 0.465 e. The van der Waals surface area contributed by atoms with E-state index in [1.54, 1.807) is 0 Å². The molecule has 0 fully saturated rings. The van der Waals surface area contributed by atoms with E-state index in [1.807, 2.05) is 0 Å². The molecule has 1 rings (SSSR count). The van der Waals surface area contributed by atoms with Gasteiger partial charge in [-0.15, -0.1) is 0 Å². The molecule has 1 heterocycles. The lowest BCUT2D eigenvalue weighted by molar-refractivity contribution is 0.0605. The third-order valence-corrected chi connectivity index (χ3v) is 2.76. The standard InChI is InChI=1S/C9H14N2O2S/c1-3-4-5-6-7(8(12)13-2)14-9(10)11-6/h3-5H2,1-2H3,(H2,10,11). The minimum Gasteiger partial charge on any atom is -0.465 e. The summed E-state index contributed by atoms with van der Waals surface area (Å²) in [6.07, 6.45) is 2.86. The number of hydrogen-bond donors (Lipinski definition) is 1. The van der Waals surface area contributed by atoms with Gasteiger partial charge in [0.2, 0.25) is 0 Å². The highest BCUT2D eigenvalue weighted by molar-refractivity contribution is 7.17. The fraction of sp³-hybridized carbons (Fsp3) is 0.556. The van der Waals surface area contributed by atoms with Gasteiger partial charge in [-0.1, -0.05) is 24.7 Å². The number of nitrogens with zero attached hydrogens (tertiary/aromatic N) is 1. The Bertz CT molecular complexity index is 323. The zero-order valence-electron chi connectivity index (χ0n) is 8.37. The Balaban J connectivity index is 2.85. The Labute approximate surface area is 87.1 Å². The van der Waals surface area contributed by atoms with Gasteiger partial charge in [-0.05, 0) is 12.8 Å². The summed E-state index contributed by atoms with van der Waals surface area (Å²) in [7, 11) is 1.36. The number of rotatable bonds is 4. The van der Waals surface area contributed by atoms with Gasteiger partial charge in [-0.25, -0.2) is 9.78 Å². The van der Waals surface area contributed by atoms with Gasteiger partial charge in [-0.3, -0.25) is 0 Å². The summed E-state index contributed by atoms with van der Waals surface area (Å²) >= 11 is 1.19. The van der Waals surface area contributed by atoms with Crippen LogP contribution in [0.4, 0.5) is 5.13 Å². The molecule has 0 spiro atoms. The van der Waals surface area contributed by atoms with E-state index in [2.05, 4.69) is 16.6 Å². The first-order chi connectivity index (χ1) is 6.69. The molecule has 0 aliphatic carbocycles. The Morgan fingerprint density at radius 3 is 2.93 bits per heavy atom. The molecular formula is C9H14N2O2S. The SMILES string of the molecule is CCCCc1nc(N)sc1C(=O)OC. The van der Waals surface area contributed by atoms with E-state index in [0.29, 0.717) is 10.0 Å². The van der Waals surface area contributed by atoms with Crippen molar-refractivity contribution in [2.45, 2.75) is 26.2 Å². The maximum atomic E-state index is 11.3. The Morgan fingerprint density at radius 2 is 2.36 bits per heavy atom. The molecule has 0 radical (unpaired) electrons. The maximum absolute atomic E-state index is 11.3. The van der Waals surface area contributed by atoms with E-state index in [9.17, 15) is 4.79 Å². The van der Waals surface area contributed by atoms with Crippen molar-refractivity contribution in [1.82, 2.24) is 4.98 Å². The second-order valence-corrected chi connectivity index (χ2v) is 3.95. The van der Waals surface area contributed by atoms with Crippen LogP contribution in [0.1, 0.15) is 35.1 Å². The number of methoxy groups -OCH3 is 1. The molecular weight excluding hydrogens is 200 g/mol. The predicted molar refractivity (Wildman–Crippen MR) is 56.5 cm³/mol. The molecule has 1 aromatic heterocycles. The molecule has 4 nitrogen and oxygen atoms in total. The van der Waals surface area contributed by atoms with Crippen LogP contribution in [0.3, 0.4) is 0 Å². The average molecular weight is 214 g/mol. The second kappa shape index (κ2) is 4.95. The van der Waals surface area contributed by atoms with Crippen LogP contribution in [-0.2, 0) is 11.2 Å². The molecule has 0 aliphatic rings. The van der Waals surface area contributed by atoms with E-state index >= 15 is 0 Å². The Morgan fingerprint density at radius 1 is 1.64 bits per heavy atom. The molecule has 0 unspecified atom stereocenters. The van der Waals surface area contributed by atoms with Gasteiger partial charge in [0.15, 0.2) is 5.13 Å². The zero-order valence-corrected chi connectivity index (χ0v) is 9.19. The summed E-state index contributed by atoms with van der Waals surface area (Å²) in [4.78, 5) is 16.0. The molecule has 5 heteroatoms. The molecule has 0 aromatic carbocycles. The second-order valence-electron chi connectivity index (χ2n) is 2.92. The number of nitrogen functional groups attached to an aromatic ring is 1. The van der Waals surface area contributed by atoms with Crippen molar-refractivity contribution in [1.29, 1.82) is 0 Å². The number of aromatic nitrogens is 1. The minimum absolute atomic E-state index is 0.342. The zero-order chi connectivity index (χ0) is 10.6. The van der Waals surface area contributed by atoms with Gasteiger partial charge in [0.05, 0.1) is 12.8 Å². The number of nitrogens with two attached hydrogens (primary N) is 1. The summed E-state index contributed by atoms with van der Waals surface area (Å²) in [6.45, 7) is 2.09. The number of ether oxygens (including phenoxy) is 1. The molecule has 0 bridgehead atoms. The van der Waals surface area contributed by atoms with Crippen molar-refractivity contribution in [2.24, 2.45) is 0 Å². The molecule has 0 atom stereocenters. The number of carbonyl (C=O) groups excluding carboxylic acids is 1. The van der Waals surface area contributed by atoms with Crippen LogP contribution in [0, 0.1) is 0 Å². The van der Waals surface area contributed by atoms with Gasteiger partial charge in [0.25, 0.3) is 0 Å². The van der Waals surface area contributed by atoms with Crippen molar-refractivity contribution in [3.63, 3.8) is 0 Å². The number of esters is 1. The number of anilines is 1. The predicted octanol–water partition coefficient (Wildman–Crippen LogP) is 1.85. The monoisotopic (exact) mass is 214 g/mol. The fourth-order valence-electron chi connectivity index (χ4n) is 1.14. The van der Waals surface area contributed by atoms with Crippen LogP contribution in [0.25, 0.3) is 0 Å². The molecule has 0 saturated heterocycles. The van der Waals surface area contributed by atoms with Crippen molar-refractivity contribution in [3.05, 3.63) is 10.6 Å². The lowest BCUT2D eigenvalue weighted by Crippen LogP contribution is -2.02. The highest BCUT2D eigenvalue weighted by Crippen LogP contribution is 2.22. The summed E-state index contributed by atoms with van der Waals surface area (Å²) in [5.74, 6) is -0.342. The van der Waals surface area contributed by atoms with E-state index in [4.69, 9.17) is 5.73 Å². The smallest absolute Gasteiger partial charge is 0.350 e. The van der Waals surface area contributed by atoms with E-state index in [1.165, 1.54) is 18.4 Å². The molecule has 2 N–H and O–H groups in total. The van der Waals surface area contributed by atoms with Gasteiger partial charge in [0, 0.05) is 0 Å². The molecule has 0 amide bonds. The van der Waals surface area contributed by atoms with Crippen LogP contribution >= 0.6 is 11.3 Å². The van der Waals surface area contributed by atoms with Crippen LogP contribution in [0.5, 0.6) is 0 Å². The van der Waals surface area contributed by atoms with Crippen LogP contribution < -0.4 is 5.73 Å². The summed E-state index contributed by atoms with van der Waals surface area (Å²) < 4.78 is 4.65. The average Bonchev–Trinajstić information content (AvgIpc) is 2.55. The Hall–Kier alpha value is -1.10. The molecule has 14 heavy (non-hydrogen) atoms. The first kappa shape index (κ1) is 11.0. The van der Waals surface area contributed by atoms with Gasteiger partial charge in [0.1, 0.15) is 4.88 Å². The van der Waals surface area contributed by atoms with E-state index < -0.39 is 0 Å². The summed E-state index contributed by atoms with van der Waals surface area (Å²) in [5.41, 5.74) is 6.31. The van der Waals surface area contributed by atoms with Gasteiger partial charge in [-0.2, -0.15) is 0 Å². The fourth-order valence-corrected chi connectivity index (χ4v) is 1.93. The molecule has 78 valence electrons. The van der Waals surface area contributed by atoms with E-state index in [0.717, 1.165) is 25.0 Å². The normalized spacial score (nSPS) is 10.1. The number of thiazole rings is 1. The highest BCUT2D eigenvalue weighted by atomic mass is 32.1. The topological polar surface area (TPSA) is 65.2 Å². The van der Waals surface area contributed by atoms with Crippen molar-refractivity contribution >= 4 is 22.4 Å². The van der Waals surface area contributed by atoms with Gasteiger partial charge < -0.3 is 10.5 Å². The molecule has 0 saturated carbocycles. The highest BCUT2D eigenvalue weighted by Gasteiger charge is 2.16. The van der Waals surface area contributed by atoms with Crippen molar-refractivity contribution in [2.75, 3.05) is 12.8 Å². The third-order valence-electron chi connectivity index (χ3n) is 1.85. The quantitative estimate of drug-likeness (QED) is 0.777. The number of carbonyl (C=O) groups is 1. The number of aryl methyl sites for hydroxylation is 1. The number of hydrogen-bond acceptors (Lipinski definition) is 5. The van der Waals surface area contributed by atoms with Gasteiger partial charge >= 0.3 is 5.97 Å². The van der Waals surface area contributed by atoms with Crippen molar-refractivity contribution in [3.8, 4) is 0 Å². The number of unbranched alkanes of at least 4 members (excludes halogenated alkanes) is 1. The summed E-state index contributed by atoms with van der Waals surface area (Å²) in [6, 6.07) is 0. The summed E-state index contributed by atoms with van der Waals surface area (Å²) in [5, 5.41) is 0.427. The molecule has 1 aromatic rings. The first-order valence-electron chi connectivity index (χ1n) is 4.52. The Kier molecular flexibility index (Phi) is 3.88. The van der Waals surface area contributed by atoms with Crippen LogP contribution in [0.2, 0.25) is 0 Å². The molecule has 0 aliphatic heterocycles. The van der Waals surface area contributed by atoms with Crippen LogP contribution in [-0.4, -0.2) is 18.1 Å². The third kappa shape index (κ3) is 2.45. The maximum Gasteiger partial charge on any atom is 0.350 e. The van der Waals surface area contributed by atoms with Crippen LogP contribution in [0.15, 0.2) is 0 Å². The first-order valence-corrected chi connectivity index (χ1v) is 5.34. The minimum atomic E-state index is -0.342. The van der Waals surface area contributed by atoms with Crippen molar-refractivity contribution < 1.29 is 9.53 Å².